The van der Waals surface area contributed by atoms with Gasteiger partial charge in [0.1, 0.15) is 23.0 Å². The number of para-hydroxylation sites is 1. The summed E-state index contributed by atoms with van der Waals surface area (Å²) in [6.45, 7) is 8.36. The fraction of sp³-hybridized carbons (Fsp3) is 0.500. The number of anilines is 2. The number of aliphatic hydroxyl groups is 1. The summed E-state index contributed by atoms with van der Waals surface area (Å²) in [5, 5.41) is 17.6. The number of fused-ring (bicyclic) bond motifs is 1. The molecule has 192 valence electrons. The Labute approximate surface area is 214 Å². The topological polar surface area (TPSA) is 111 Å². The Balaban J connectivity index is 1.51. The summed E-state index contributed by atoms with van der Waals surface area (Å²) in [4.78, 5) is 14.5. The average molecular weight is 512 g/mol. The first kappa shape index (κ1) is 24.9. The molecule has 1 aromatic carbocycles. The number of benzene rings is 1. The minimum atomic E-state index is -0.795. The normalized spacial score (nSPS) is 23.6. The molecule has 1 fully saturated rings. The zero-order valence-corrected chi connectivity index (χ0v) is 21.8. The summed E-state index contributed by atoms with van der Waals surface area (Å²) in [7, 11) is 0. The van der Waals surface area contributed by atoms with E-state index in [4.69, 9.17) is 29.2 Å². The van der Waals surface area contributed by atoms with Gasteiger partial charge in [-0.3, -0.25) is 0 Å². The third-order valence-electron chi connectivity index (χ3n) is 6.48. The van der Waals surface area contributed by atoms with Crippen LogP contribution in [-0.4, -0.2) is 57.4 Å². The van der Waals surface area contributed by atoms with Crippen molar-refractivity contribution in [1.82, 2.24) is 15.0 Å². The monoisotopic (exact) mass is 511 g/mol. The van der Waals surface area contributed by atoms with E-state index in [0.717, 1.165) is 39.3 Å². The van der Waals surface area contributed by atoms with E-state index in [0.29, 0.717) is 18.3 Å². The van der Waals surface area contributed by atoms with E-state index in [1.165, 1.54) is 0 Å². The molecule has 2 aliphatic heterocycles. The van der Waals surface area contributed by atoms with Crippen molar-refractivity contribution in [1.29, 1.82) is 0 Å². The van der Waals surface area contributed by atoms with Gasteiger partial charge in [-0.25, -0.2) is 9.97 Å². The smallest absolute Gasteiger partial charge is 0.225 e. The Kier molecular flexibility index (Phi) is 7.11. The first-order valence-corrected chi connectivity index (χ1v) is 13.2. The predicted molar refractivity (Wildman–Crippen MR) is 141 cm³/mol. The molecule has 0 aliphatic carbocycles. The molecule has 3 aromatic rings. The Morgan fingerprint density at radius 2 is 2.03 bits per heavy atom. The first-order chi connectivity index (χ1) is 17.4. The largest absolute Gasteiger partial charge is 0.496 e. The van der Waals surface area contributed by atoms with Gasteiger partial charge in [-0.15, -0.1) is 11.3 Å². The third-order valence-corrected chi connectivity index (χ3v) is 7.54. The standard InChI is InChI=1S/C26H33N5O4S/c1-5-16(14-32)21-23(35-26(3,4)34-21)30-22-20(24-29-18-10-6-7-11-19(18)36-24)15(2)28-25(31-22)27-13-17-9-8-12-33-17/h6-8,10-12,16-17,21,23,32H,5,9,13-14H2,1-4H3,(H2,27,28,30,31)/t16-,17?,21-,23-/m1/s1. The van der Waals surface area contributed by atoms with Crippen molar-refractivity contribution in [2.24, 2.45) is 5.92 Å². The molecule has 1 saturated heterocycles. The lowest BCUT2D eigenvalue weighted by atomic mass is 9.99. The lowest BCUT2D eigenvalue weighted by molar-refractivity contribution is -0.150. The van der Waals surface area contributed by atoms with Crippen molar-refractivity contribution < 1.29 is 19.3 Å². The van der Waals surface area contributed by atoms with Crippen molar-refractivity contribution in [2.45, 2.75) is 64.8 Å². The molecular weight excluding hydrogens is 478 g/mol. The van der Waals surface area contributed by atoms with Gasteiger partial charge >= 0.3 is 0 Å². The second kappa shape index (κ2) is 10.3. The van der Waals surface area contributed by atoms with E-state index in [1.807, 2.05) is 52.0 Å². The van der Waals surface area contributed by atoms with Crippen LogP contribution in [0.1, 0.15) is 39.3 Å². The van der Waals surface area contributed by atoms with E-state index >= 15 is 0 Å². The maximum atomic E-state index is 9.99. The molecule has 2 aromatic heterocycles. The highest BCUT2D eigenvalue weighted by Gasteiger charge is 2.45. The molecule has 0 amide bonds. The molecular formula is C26H33N5O4S. The second-order valence-electron chi connectivity index (χ2n) is 9.61. The van der Waals surface area contributed by atoms with Gasteiger partial charge in [-0.05, 0) is 45.4 Å². The van der Waals surface area contributed by atoms with Crippen LogP contribution in [0.4, 0.5) is 11.8 Å². The number of hydrogen-bond donors (Lipinski definition) is 3. The predicted octanol–water partition coefficient (Wildman–Crippen LogP) is 4.68. The number of thiazole rings is 1. The van der Waals surface area contributed by atoms with Crippen LogP contribution in [0.3, 0.4) is 0 Å². The lowest BCUT2D eigenvalue weighted by Crippen LogP contribution is -2.38. The minimum absolute atomic E-state index is 0.00848. The SMILES string of the molecule is CC[C@H](CO)[C@H]1OC(C)(C)O[C@H]1Nc1nc(NCC2CC=CO2)nc(C)c1-c1nc2ccccc2s1. The quantitative estimate of drug-likeness (QED) is 0.377. The lowest BCUT2D eigenvalue weighted by Gasteiger charge is -2.25. The van der Waals surface area contributed by atoms with Crippen LogP contribution >= 0.6 is 11.3 Å². The highest BCUT2D eigenvalue weighted by atomic mass is 32.1. The van der Waals surface area contributed by atoms with Crippen molar-refractivity contribution in [3.8, 4) is 10.6 Å². The maximum absolute atomic E-state index is 9.99. The van der Waals surface area contributed by atoms with E-state index in [1.54, 1.807) is 17.6 Å². The molecule has 0 bridgehead atoms. The first-order valence-electron chi connectivity index (χ1n) is 12.4. The molecule has 2 aliphatic rings. The molecule has 4 atom stereocenters. The molecule has 36 heavy (non-hydrogen) atoms. The van der Waals surface area contributed by atoms with Gasteiger partial charge < -0.3 is 30.0 Å². The minimum Gasteiger partial charge on any atom is -0.496 e. The Bertz CT molecular complexity index is 1200. The molecule has 1 unspecified atom stereocenters. The number of ether oxygens (including phenoxy) is 3. The fourth-order valence-electron chi connectivity index (χ4n) is 4.60. The molecule has 4 heterocycles. The van der Waals surface area contributed by atoms with Crippen molar-refractivity contribution >= 4 is 33.3 Å². The van der Waals surface area contributed by atoms with Gasteiger partial charge in [0.2, 0.25) is 5.95 Å². The van der Waals surface area contributed by atoms with E-state index in [2.05, 4.69) is 16.7 Å². The summed E-state index contributed by atoms with van der Waals surface area (Å²) in [6.07, 6.45) is 4.55. The summed E-state index contributed by atoms with van der Waals surface area (Å²) >= 11 is 1.60. The summed E-state index contributed by atoms with van der Waals surface area (Å²) in [5.41, 5.74) is 2.55. The molecule has 10 heteroatoms. The highest BCUT2D eigenvalue weighted by molar-refractivity contribution is 7.21. The summed E-state index contributed by atoms with van der Waals surface area (Å²) in [6, 6.07) is 8.06. The van der Waals surface area contributed by atoms with Crippen LogP contribution in [0.15, 0.2) is 36.6 Å². The average Bonchev–Trinajstić information content (AvgIpc) is 3.57. The van der Waals surface area contributed by atoms with Crippen LogP contribution in [0.2, 0.25) is 0 Å². The molecule has 5 rings (SSSR count). The number of aliphatic hydroxyl groups excluding tert-OH is 1. The zero-order chi connectivity index (χ0) is 25.3. The third kappa shape index (κ3) is 5.17. The molecule has 9 nitrogen and oxygen atoms in total. The fourth-order valence-corrected chi connectivity index (χ4v) is 5.67. The molecule has 0 spiro atoms. The zero-order valence-electron chi connectivity index (χ0n) is 21.0. The number of aryl methyl sites for hydroxylation is 1. The Morgan fingerprint density at radius 3 is 2.75 bits per heavy atom. The van der Waals surface area contributed by atoms with Crippen LogP contribution in [-0.2, 0) is 14.2 Å². The van der Waals surface area contributed by atoms with Gasteiger partial charge in [0.25, 0.3) is 0 Å². The van der Waals surface area contributed by atoms with Gasteiger partial charge in [-0.2, -0.15) is 4.98 Å². The molecule has 3 N–H and O–H groups in total. The van der Waals surface area contributed by atoms with E-state index in [9.17, 15) is 5.11 Å². The summed E-state index contributed by atoms with van der Waals surface area (Å²) in [5.74, 6) is 0.234. The van der Waals surface area contributed by atoms with E-state index < -0.39 is 12.0 Å². The second-order valence-corrected chi connectivity index (χ2v) is 10.6. The molecule has 0 saturated carbocycles. The maximum Gasteiger partial charge on any atom is 0.225 e. The van der Waals surface area contributed by atoms with Crippen molar-refractivity contribution in [2.75, 3.05) is 23.8 Å². The number of rotatable bonds is 9. The number of aromatic nitrogens is 3. The van der Waals surface area contributed by atoms with Crippen LogP contribution in [0.5, 0.6) is 0 Å². The van der Waals surface area contributed by atoms with Gasteiger partial charge in [-0.1, -0.05) is 19.1 Å². The number of nitrogens with one attached hydrogen (secondary N) is 2. The number of nitrogens with zero attached hydrogens (tertiary/aromatic N) is 3. The van der Waals surface area contributed by atoms with E-state index in [-0.39, 0.29) is 24.7 Å². The van der Waals surface area contributed by atoms with Gasteiger partial charge in [0.15, 0.2) is 12.0 Å². The van der Waals surface area contributed by atoms with Gasteiger partial charge in [0.05, 0.1) is 34.3 Å². The highest BCUT2D eigenvalue weighted by Crippen LogP contribution is 2.39. The van der Waals surface area contributed by atoms with Crippen LogP contribution < -0.4 is 10.6 Å². The summed E-state index contributed by atoms with van der Waals surface area (Å²) < 4.78 is 19.1. The van der Waals surface area contributed by atoms with Crippen molar-refractivity contribution in [3.05, 3.63) is 42.3 Å². The van der Waals surface area contributed by atoms with Gasteiger partial charge in [0, 0.05) is 18.9 Å². The Hall–Kier alpha value is -2.79. The van der Waals surface area contributed by atoms with Crippen molar-refractivity contribution in [3.63, 3.8) is 0 Å². The molecule has 0 radical (unpaired) electrons. The van der Waals surface area contributed by atoms with Crippen LogP contribution in [0.25, 0.3) is 20.8 Å². The number of hydrogen-bond acceptors (Lipinski definition) is 10. The van der Waals surface area contributed by atoms with Crippen LogP contribution in [0, 0.1) is 12.8 Å². The Morgan fingerprint density at radius 1 is 1.19 bits per heavy atom.